The van der Waals surface area contributed by atoms with Crippen LogP contribution in [0.3, 0.4) is 0 Å². The van der Waals surface area contributed by atoms with E-state index in [1.165, 1.54) is 4.90 Å². The molecule has 16 heavy (non-hydrogen) atoms. The summed E-state index contributed by atoms with van der Waals surface area (Å²) in [6.45, 7) is 0.481. The van der Waals surface area contributed by atoms with Crippen LogP contribution in [0.1, 0.15) is 25.7 Å². The van der Waals surface area contributed by atoms with Crippen LogP contribution in [0.2, 0.25) is 0 Å². The molecule has 0 radical (unpaired) electrons. The second kappa shape index (κ2) is 4.52. The van der Waals surface area contributed by atoms with Gasteiger partial charge in [0.1, 0.15) is 0 Å². The zero-order chi connectivity index (χ0) is 11.5. The van der Waals surface area contributed by atoms with Crippen LogP contribution >= 0.6 is 0 Å². The third-order valence-corrected chi connectivity index (χ3v) is 3.30. The number of hydrogen-bond acceptors (Lipinski definition) is 2. The molecule has 1 fully saturated rings. The molecule has 0 spiro atoms. The molecule has 0 aromatic carbocycles. The summed E-state index contributed by atoms with van der Waals surface area (Å²) in [4.78, 5) is 25.3. The molecule has 0 bridgehead atoms. The summed E-state index contributed by atoms with van der Waals surface area (Å²) in [6.07, 6.45) is 11.9. The Morgan fingerprint density at radius 2 is 1.81 bits per heavy atom. The van der Waals surface area contributed by atoms with E-state index in [1.54, 1.807) is 0 Å². The maximum atomic E-state index is 12.0. The van der Waals surface area contributed by atoms with Gasteiger partial charge >= 0.3 is 0 Å². The van der Waals surface area contributed by atoms with E-state index in [0.29, 0.717) is 32.2 Å². The molecule has 84 valence electrons. The predicted molar refractivity (Wildman–Crippen MR) is 60.1 cm³/mol. The number of unbranched alkanes of at least 4 members (excludes halogenated alkanes) is 1. The first-order valence-corrected chi connectivity index (χ1v) is 5.69. The van der Waals surface area contributed by atoms with Crippen molar-refractivity contribution in [1.82, 2.24) is 4.90 Å². The lowest BCUT2D eigenvalue weighted by atomic mass is 9.85. The van der Waals surface area contributed by atoms with Gasteiger partial charge in [-0.1, -0.05) is 12.2 Å². The molecule has 1 aliphatic heterocycles. The molecule has 2 rings (SSSR count). The van der Waals surface area contributed by atoms with Crippen molar-refractivity contribution in [2.45, 2.75) is 25.7 Å². The minimum atomic E-state index is -0.108. The molecule has 3 nitrogen and oxygen atoms in total. The molecule has 1 heterocycles. The number of carbonyl (C=O) groups excluding carboxylic acids is 2. The Morgan fingerprint density at radius 3 is 2.31 bits per heavy atom. The summed E-state index contributed by atoms with van der Waals surface area (Å²) in [6, 6.07) is 0. The number of imide groups is 1. The van der Waals surface area contributed by atoms with Crippen molar-refractivity contribution in [3.63, 3.8) is 0 Å². The second-order valence-corrected chi connectivity index (χ2v) is 4.29. The fraction of sp³-hybridized carbons (Fsp3) is 0.538. The van der Waals surface area contributed by atoms with Gasteiger partial charge in [0.05, 0.1) is 11.8 Å². The summed E-state index contributed by atoms with van der Waals surface area (Å²) in [7, 11) is 0. The minimum Gasteiger partial charge on any atom is -0.282 e. The van der Waals surface area contributed by atoms with Gasteiger partial charge in [-0.05, 0) is 19.3 Å². The van der Waals surface area contributed by atoms with Crippen LogP contribution in [0.4, 0.5) is 0 Å². The molecule has 0 saturated carbocycles. The third kappa shape index (κ3) is 1.76. The summed E-state index contributed by atoms with van der Waals surface area (Å²) in [5.41, 5.74) is 0. The zero-order valence-electron chi connectivity index (χ0n) is 9.19. The van der Waals surface area contributed by atoms with E-state index in [0.717, 1.165) is 0 Å². The Morgan fingerprint density at radius 1 is 1.25 bits per heavy atom. The fourth-order valence-electron chi connectivity index (χ4n) is 2.43. The molecule has 0 unspecified atom stereocenters. The molecule has 0 aromatic rings. The average Bonchev–Trinajstić information content (AvgIpc) is 2.55. The smallest absolute Gasteiger partial charge is 0.233 e. The van der Waals surface area contributed by atoms with Crippen molar-refractivity contribution in [2.75, 3.05) is 6.54 Å². The largest absolute Gasteiger partial charge is 0.282 e. The van der Waals surface area contributed by atoms with Crippen LogP contribution < -0.4 is 0 Å². The Balaban J connectivity index is 2.03. The number of carbonyl (C=O) groups is 2. The average molecular weight is 217 g/mol. The predicted octanol–water partition coefficient (Wildman–Crippen LogP) is 1.35. The van der Waals surface area contributed by atoms with Gasteiger partial charge in [-0.2, -0.15) is 0 Å². The lowest BCUT2D eigenvalue weighted by molar-refractivity contribution is -0.139. The van der Waals surface area contributed by atoms with Crippen LogP contribution in [0.5, 0.6) is 0 Å². The van der Waals surface area contributed by atoms with Crippen molar-refractivity contribution in [3.8, 4) is 12.3 Å². The zero-order valence-corrected chi connectivity index (χ0v) is 9.19. The van der Waals surface area contributed by atoms with Gasteiger partial charge in [0, 0.05) is 13.0 Å². The van der Waals surface area contributed by atoms with E-state index in [1.807, 2.05) is 12.2 Å². The normalized spacial score (nSPS) is 28.1. The van der Waals surface area contributed by atoms with Gasteiger partial charge in [0.25, 0.3) is 0 Å². The first-order valence-electron chi connectivity index (χ1n) is 5.69. The van der Waals surface area contributed by atoms with Gasteiger partial charge in [0.2, 0.25) is 11.8 Å². The van der Waals surface area contributed by atoms with Crippen molar-refractivity contribution in [1.29, 1.82) is 0 Å². The van der Waals surface area contributed by atoms with E-state index in [9.17, 15) is 9.59 Å². The number of nitrogens with zero attached hydrogens (tertiary/aromatic N) is 1. The van der Waals surface area contributed by atoms with Crippen LogP contribution in [0, 0.1) is 24.2 Å². The third-order valence-electron chi connectivity index (χ3n) is 3.30. The fourth-order valence-corrected chi connectivity index (χ4v) is 2.43. The number of hydrogen-bond donors (Lipinski definition) is 0. The topological polar surface area (TPSA) is 37.4 Å². The van der Waals surface area contributed by atoms with Crippen LogP contribution in [-0.2, 0) is 9.59 Å². The Hall–Kier alpha value is -1.56. The van der Waals surface area contributed by atoms with Crippen molar-refractivity contribution in [3.05, 3.63) is 12.2 Å². The molecule has 3 heteroatoms. The summed E-state index contributed by atoms with van der Waals surface area (Å²) in [5.74, 6) is 2.30. The molecule has 2 atom stereocenters. The minimum absolute atomic E-state index is 0.00336. The SMILES string of the molecule is C#CCCCN1C(=O)[C@H]2CC=CC[C@H]2C1=O. The molecule has 0 N–H and O–H groups in total. The molecule has 1 aliphatic carbocycles. The van der Waals surface area contributed by atoms with Gasteiger partial charge in [-0.3, -0.25) is 14.5 Å². The number of allylic oxidation sites excluding steroid dienone is 2. The lowest BCUT2D eigenvalue weighted by Crippen LogP contribution is -2.32. The second-order valence-electron chi connectivity index (χ2n) is 4.29. The maximum absolute atomic E-state index is 12.0. The lowest BCUT2D eigenvalue weighted by Gasteiger charge is -2.14. The molecular formula is C13H15NO2. The van der Waals surface area contributed by atoms with E-state index in [2.05, 4.69) is 5.92 Å². The van der Waals surface area contributed by atoms with Gasteiger partial charge < -0.3 is 0 Å². The Bertz CT molecular complexity index is 352. The maximum Gasteiger partial charge on any atom is 0.233 e. The van der Waals surface area contributed by atoms with Crippen LogP contribution in [-0.4, -0.2) is 23.3 Å². The number of fused-ring (bicyclic) bond motifs is 1. The molecule has 2 amide bonds. The monoisotopic (exact) mass is 217 g/mol. The Labute approximate surface area is 95.5 Å². The van der Waals surface area contributed by atoms with E-state index in [4.69, 9.17) is 6.42 Å². The molecular weight excluding hydrogens is 202 g/mol. The highest BCUT2D eigenvalue weighted by atomic mass is 16.2. The summed E-state index contributed by atoms with van der Waals surface area (Å²) in [5, 5.41) is 0. The number of rotatable bonds is 3. The first kappa shape index (κ1) is 10.9. The van der Waals surface area contributed by atoms with Gasteiger partial charge in [-0.25, -0.2) is 0 Å². The first-order chi connectivity index (χ1) is 7.75. The van der Waals surface area contributed by atoms with Crippen molar-refractivity contribution in [2.24, 2.45) is 11.8 Å². The summed E-state index contributed by atoms with van der Waals surface area (Å²) < 4.78 is 0. The standard InChI is InChI=1S/C13H15NO2/c1-2-3-6-9-14-12(15)10-7-4-5-8-11(10)13(14)16/h1,4-5,10-11H,3,6-9H2/t10-,11+. The summed E-state index contributed by atoms with van der Waals surface area (Å²) >= 11 is 0. The van der Waals surface area contributed by atoms with E-state index >= 15 is 0 Å². The van der Waals surface area contributed by atoms with Gasteiger partial charge in [-0.15, -0.1) is 12.3 Å². The number of terminal acetylenes is 1. The van der Waals surface area contributed by atoms with E-state index < -0.39 is 0 Å². The van der Waals surface area contributed by atoms with Gasteiger partial charge in [0.15, 0.2) is 0 Å². The van der Waals surface area contributed by atoms with Crippen LogP contribution in [0.25, 0.3) is 0 Å². The highest BCUT2D eigenvalue weighted by Crippen LogP contribution is 2.34. The molecule has 0 aromatic heterocycles. The Kier molecular flexibility index (Phi) is 3.09. The van der Waals surface area contributed by atoms with Crippen LogP contribution in [0.15, 0.2) is 12.2 Å². The highest BCUT2D eigenvalue weighted by Gasteiger charge is 2.46. The number of likely N-dealkylation sites (tertiary alicyclic amines) is 1. The quantitative estimate of drug-likeness (QED) is 0.310. The van der Waals surface area contributed by atoms with E-state index in [-0.39, 0.29) is 23.7 Å². The van der Waals surface area contributed by atoms with Crippen molar-refractivity contribution >= 4 is 11.8 Å². The van der Waals surface area contributed by atoms with Crippen molar-refractivity contribution < 1.29 is 9.59 Å². The highest BCUT2D eigenvalue weighted by molar-refractivity contribution is 6.05. The molecule has 2 aliphatic rings. The molecule has 1 saturated heterocycles. The number of amides is 2.